The van der Waals surface area contributed by atoms with Crippen LogP contribution in [-0.2, 0) is 5.41 Å². The molecule has 1 aliphatic rings. The van der Waals surface area contributed by atoms with Crippen LogP contribution in [-0.4, -0.2) is 0 Å². The molecule has 0 aromatic heterocycles. The van der Waals surface area contributed by atoms with Gasteiger partial charge in [-0.3, -0.25) is 0 Å². The molecule has 0 fully saturated rings. The second-order valence-corrected chi connectivity index (χ2v) is 18.2. The third-order valence-corrected chi connectivity index (χ3v) is 12.4. The van der Waals surface area contributed by atoms with Gasteiger partial charge in [-0.15, -0.1) is 0 Å². The molecule has 0 saturated heterocycles. The van der Waals surface area contributed by atoms with Crippen molar-refractivity contribution in [3.05, 3.63) is 201 Å². The first-order valence-corrected chi connectivity index (χ1v) is 21.1. The minimum absolute atomic E-state index is 0.180. The summed E-state index contributed by atoms with van der Waals surface area (Å²) in [5.41, 5.74) is 30.6. The molecule has 0 atom stereocenters. The quantitative estimate of drug-likeness (QED) is 0.158. The lowest BCUT2D eigenvalue weighted by molar-refractivity contribution is 0.661. The van der Waals surface area contributed by atoms with Crippen molar-refractivity contribution in [1.82, 2.24) is 0 Å². The van der Waals surface area contributed by atoms with Gasteiger partial charge in [0, 0.05) is 5.41 Å². The first kappa shape index (κ1) is 38.3. The Balaban J connectivity index is 1.16. The predicted molar refractivity (Wildman–Crippen MR) is 255 cm³/mol. The van der Waals surface area contributed by atoms with Gasteiger partial charge < -0.3 is 0 Å². The highest BCUT2D eigenvalue weighted by Crippen LogP contribution is 2.51. The Labute approximate surface area is 352 Å². The summed E-state index contributed by atoms with van der Waals surface area (Å²) >= 11 is 0. The van der Waals surface area contributed by atoms with E-state index in [0.717, 1.165) is 0 Å². The van der Waals surface area contributed by atoms with Gasteiger partial charge in [0.1, 0.15) is 0 Å². The summed E-state index contributed by atoms with van der Waals surface area (Å²) in [7, 11) is 0. The fraction of sp³-hybridized carbons (Fsp3) is 0.186. The minimum atomic E-state index is -0.180. The maximum absolute atomic E-state index is 2.47. The van der Waals surface area contributed by atoms with Gasteiger partial charge in [-0.25, -0.2) is 0 Å². The van der Waals surface area contributed by atoms with E-state index in [4.69, 9.17) is 0 Å². The highest BCUT2D eigenvalue weighted by atomic mass is 14.4. The largest absolute Gasteiger partial charge is 0.0563 e. The smallest absolute Gasteiger partial charge is 0.0159 e. The van der Waals surface area contributed by atoms with E-state index in [2.05, 4.69) is 215 Å². The second kappa shape index (κ2) is 14.5. The molecule has 0 N–H and O–H groups in total. The van der Waals surface area contributed by atoms with E-state index in [1.807, 2.05) is 0 Å². The van der Waals surface area contributed by atoms with Crippen LogP contribution in [0, 0.1) is 55.4 Å². The Hall–Kier alpha value is -6.24. The van der Waals surface area contributed by atoms with Crippen LogP contribution in [0.25, 0.3) is 77.9 Å². The van der Waals surface area contributed by atoms with E-state index in [1.165, 1.54) is 134 Å². The Bertz CT molecular complexity index is 2560. The zero-order valence-corrected chi connectivity index (χ0v) is 36.4. The minimum Gasteiger partial charge on any atom is -0.0563 e. The number of rotatable bonds is 6. The number of benzene rings is 8. The molecule has 0 aliphatic heterocycles. The summed E-state index contributed by atoms with van der Waals surface area (Å²) in [4.78, 5) is 0. The lowest BCUT2D eigenvalue weighted by Gasteiger charge is -2.23. The summed E-state index contributed by atoms with van der Waals surface area (Å²) in [6.07, 6.45) is 0. The molecule has 0 unspecified atom stereocenters. The molecule has 8 aromatic carbocycles. The molecule has 1 aliphatic carbocycles. The molecule has 0 heteroatoms. The van der Waals surface area contributed by atoms with Gasteiger partial charge in [0.15, 0.2) is 0 Å². The van der Waals surface area contributed by atoms with E-state index in [9.17, 15) is 0 Å². The monoisotopic (exact) mass is 762 g/mol. The van der Waals surface area contributed by atoms with Gasteiger partial charge in [0.2, 0.25) is 0 Å². The molecule has 0 radical (unpaired) electrons. The number of hydrogen-bond acceptors (Lipinski definition) is 0. The van der Waals surface area contributed by atoms with Crippen molar-refractivity contribution >= 4 is 0 Å². The van der Waals surface area contributed by atoms with Crippen LogP contribution in [0.3, 0.4) is 0 Å². The Morgan fingerprint density at radius 1 is 0.220 bits per heavy atom. The fourth-order valence-corrected chi connectivity index (χ4v) is 9.92. The third kappa shape index (κ3) is 7.38. The first-order valence-electron chi connectivity index (χ1n) is 21.1. The molecule has 0 amide bonds. The van der Waals surface area contributed by atoms with Crippen molar-refractivity contribution in [3.8, 4) is 77.9 Å². The second-order valence-electron chi connectivity index (χ2n) is 18.2. The number of aryl methyl sites for hydroxylation is 8. The van der Waals surface area contributed by atoms with Crippen LogP contribution in [0.4, 0.5) is 0 Å². The topological polar surface area (TPSA) is 0 Å². The average molecular weight is 763 g/mol. The lowest BCUT2D eigenvalue weighted by Crippen LogP contribution is -2.15. The Morgan fingerprint density at radius 2 is 0.424 bits per heavy atom. The van der Waals surface area contributed by atoms with Crippen molar-refractivity contribution in [2.45, 2.75) is 74.7 Å². The van der Waals surface area contributed by atoms with Crippen LogP contribution >= 0.6 is 0 Å². The van der Waals surface area contributed by atoms with Crippen molar-refractivity contribution in [3.63, 3.8) is 0 Å². The summed E-state index contributed by atoms with van der Waals surface area (Å²) in [6, 6.07) is 56.3. The van der Waals surface area contributed by atoms with Gasteiger partial charge in [-0.2, -0.15) is 0 Å². The highest BCUT2D eigenvalue weighted by molar-refractivity contribution is 5.89. The SMILES string of the molecule is Cc1cc(C)cc(-c2cc(-c3cc(C)cc(C)c3)cc(-c3ccc4c(c3)C(C)(C)c3cc(-c5cc(-c6cc(C)cc(C)c6)cc(-c6cc(C)cc(C)c6)c5)ccc3-4)c2)c1. The number of hydrogen-bond donors (Lipinski definition) is 0. The molecule has 0 saturated carbocycles. The third-order valence-electron chi connectivity index (χ3n) is 12.4. The highest BCUT2D eigenvalue weighted by Gasteiger charge is 2.36. The summed E-state index contributed by atoms with van der Waals surface area (Å²) in [5.74, 6) is 0. The van der Waals surface area contributed by atoms with Gasteiger partial charge in [-0.05, 0) is 193 Å². The summed E-state index contributed by atoms with van der Waals surface area (Å²) in [6.45, 7) is 22.4. The van der Waals surface area contributed by atoms with Crippen LogP contribution in [0.5, 0.6) is 0 Å². The zero-order valence-electron chi connectivity index (χ0n) is 36.4. The molecule has 0 spiro atoms. The lowest BCUT2D eigenvalue weighted by atomic mass is 9.80. The van der Waals surface area contributed by atoms with Crippen molar-refractivity contribution in [1.29, 1.82) is 0 Å². The van der Waals surface area contributed by atoms with Crippen molar-refractivity contribution in [2.24, 2.45) is 0 Å². The predicted octanol–water partition coefficient (Wildman–Crippen LogP) is 16.5. The molecule has 0 heterocycles. The van der Waals surface area contributed by atoms with E-state index < -0.39 is 0 Å². The van der Waals surface area contributed by atoms with Crippen LogP contribution in [0.15, 0.2) is 146 Å². The molecule has 0 nitrogen and oxygen atoms in total. The van der Waals surface area contributed by atoms with E-state index in [0.29, 0.717) is 0 Å². The van der Waals surface area contributed by atoms with Gasteiger partial charge in [0.05, 0.1) is 0 Å². The normalized spacial score (nSPS) is 12.7. The Morgan fingerprint density at radius 3 is 0.661 bits per heavy atom. The number of fused-ring (bicyclic) bond motifs is 3. The van der Waals surface area contributed by atoms with Gasteiger partial charge in [0.25, 0.3) is 0 Å². The molecule has 8 aromatic rings. The summed E-state index contributed by atoms with van der Waals surface area (Å²) in [5, 5.41) is 0. The van der Waals surface area contributed by atoms with E-state index in [-0.39, 0.29) is 5.41 Å². The molecule has 59 heavy (non-hydrogen) atoms. The fourth-order valence-electron chi connectivity index (χ4n) is 9.92. The molecule has 9 rings (SSSR count). The first-order chi connectivity index (χ1) is 28.2. The zero-order chi connectivity index (χ0) is 41.3. The van der Waals surface area contributed by atoms with Crippen LogP contribution in [0.1, 0.15) is 69.5 Å². The van der Waals surface area contributed by atoms with Crippen LogP contribution < -0.4 is 0 Å². The van der Waals surface area contributed by atoms with E-state index >= 15 is 0 Å². The maximum Gasteiger partial charge on any atom is 0.0159 e. The average Bonchev–Trinajstić information content (AvgIpc) is 3.41. The molecular weight excluding hydrogens is 709 g/mol. The van der Waals surface area contributed by atoms with Gasteiger partial charge in [-0.1, -0.05) is 155 Å². The molecule has 290 valence electrons. The Kier molecular flexibility index (Phi) is 9.44. The van der Waals surface area contributed by atoms with Crippen molar-refractivity contribution in [2.75, 3.05) is 0 Å². The van der Waals surface area contributed by atoms with Crippen molar-refractivity contribution < 1.29 is 0 Å². The van der Waals surface area contributed by atoms with Gasteiger partial charge >= 0.3 is 0 Å². The van der Waals surface area contributed by atoms with E-state index in [1.54, 1.807) is 0 Å². The summed E-state index contributed by atoms with van der Waals surface area (Å²) < 4.78 is 0. The molecule has 0 bridgehead atoms. The maximum atomic E-state index is 2.47. The van der Waals surface area contributed by atoms with Crippen LogP contribution in [0.2, 0.25) is 0 Å². The standard InChI is InChI=1S/C59H54/c1-35-15-36(2)20-45(19-35)51-27-49(28-52(31-51)46-21-37(3)16-38(4)22-46)43-11-13-55-56-14-12-44(34-58(56)59(9,10)57(55)33-43)50-29-53(47-23-39(5)17-40(6)24-47)32-54(30-50)48-25-41(7)18-42(8)26-48/h11-34H,1-10H3. The molecular formula is C59H54.